The minimum absolute atomic E-state index is 0.0996. The molecule has 2 aromatic heterocycles. The van der Waals surface area contributed by atoms with Crippen molar-refractivity contribution >= 4 is 40.6 Å². The van der Waals surface area contributed by atoms with Crippen molar-refractivity contribution in [2.75, 3.05) is 17.7 Å². The van der Waals surface area contributed by atoms with Crippen LogP contribution in [0.15, 0.2) is 42.7 Å². The van der Waals surface area contributed by atoms with E-state index in [-0.39, 0.29) is 5.91 Å². The van der Waals surface area contributed by atoms with E-state index in [4.69, 9.17) is 16.3 Å². The van der Waals surface area contributed by atoms with E-state index in [1.807, 2.05) is 0 Å². The maximum atomic E-state index is 11.8. The number of hydrogen-bond acceptors (Lipinski definition) is 7. The molecule has 136 valence electrons. The monoisotopic (exact) mass is 382 g/mol. The Balaban J connectivity index is 1.60. The highest BCUT2D eigenvalue weighted by Gasteiger charge is 2.24. The predicted octanol–water partition coefficient (Wildman–Crippen LogP) is 3.26. The molecule has 0 fully saturated rings. The highest BCUT2D eigenvalue weighted by Crippen LogP contribution is 2.35. The number of hydrogen-bond donors (Lipinski definition) is 3. The lowest BCUT2D eigenvalue weighted by Gasteiger charge is -2.14. The third-order valence-corrected chi connectivity index (χ3v) is 4.25. The zero-order chi connectivity index (χ0) is 18.8. The summed E-state index contributed by atoms with van der Waals surface area (Å²) in [5.74, 6) is 2.20. The number of rotatable bonds is 5. The molecule has 0 aliphatic carbocycles. The van der Waals surface area contributed by atoms with Crippen molar-refractivity contribution in [3.63, 3.8) is 0 Å². The van der Waals surface area contributed by atoms with Crippen LogP contribution in [0.25, 0.3) is 0 Å². The molecule has 0 spiro atoms. The second-order valence-corrected chi connectivity index (χ2v) is 6.13. The minimum atomic E-state index is -0.0996. The van der Waals surface area contributed by atoms with Gasteiger partial charge in [-0.2, -0.15) is 0 Å². The number of carbonyl (C=O) groups excluding carboxylic acids is 1. The largest absolute Gasteiger partial charge is 0.494 e. The average molecular weight is 383 g/mol. The van der Waals surface area contributed by atoms with Gasteiger partial charge in [-0.1, -0.05) is 17.7 Å². The van der Waals surface area contributed by atoms with Crippen LogP contribution in [-0.4, -0.2) is 28.0 Å². The van der Waals surface area contributed by atoms with Crippen molar-refractivity contribution in [3.8, 4) is 5.75 Å². The molecule has 1 amide bonds. The van der Waals surface area contributed by atoms with E-state index in [0.29, 0.717) is 46.2 Å². The van der Waals surface area contributed by atoms with Gasteiger partial charge in [0.2, 0.25) is 0 Å². The van der Waals surface area contributed by atoms with Gasteiger partial charge in [-0.3, -0.25) is 4.79 Å². The van der Waals surface area contributed by atoms with Gasteiger partial charge in [-0.25, -0.2) is 15.0 Å². The molecule has 4 rings (SSSR count). The molecule has 1 aromatic carbocycles. The van der Waals surface area contributed by atoms with Crippen LogP contribution in [0.2, 0.25) is 5.15 Å². The summed E-state index contributed by atoms with van der Waals surface area (Å²) >= 11 is 5.90. The number of ether oxygens (including phenoxy) is 1. The summed E-state index contributed by atoms with van der Waals surface area (Å²) in [5, 5.41) is 9.46. The molecule has 27 heavy (non-hydrogen) atoms. The fourth-order valence-electron chi connectivity index (χ4n) is 2.85. The Bertz CT molecular complexity index is 1030. The quantitative estimate of drug-likeness (QED) is 0.582. The zero-order valence-electron chi connectivity index (χ0n) is 14.3. The lowest BCUT2D eigenvalue weighted by molar-refractivity contribution is 0.0966. The predicted molar refractivity (Wildman–Crippen MR) is 102 cm³/mol. The number of fused-ring (bicyclic) bond motifs is 1. The van der Waals surface area contributed by atoms with E-state index < -0.39 is 0 Å². The van der Waals surface area contributed by atoms with Gasteiger partial charge in [-0.05, 0) is 24.3 Å². The van der Waals surface area contributed by atoms with Crippen LogP contribution < -0.4 is 20.7 Å². The standard InChI is InChI=1S/C18H15ClN6O2/c1-27-17-11-8-20-18(26)10(11)5-6-12(17)23-15-7-16(22-9-21-15)25-14-4-2-3-13(19)24-14/h2-7,9H,8H2,1H3,(H,20,26)(H2,21,22,23,24,25). The Morgan fingerprint density at radius 2 is 1.93 bits per heavy atom. The number of halogens is 1. The van der Waals surface area contributed by atoms with Crippen LogP contribution in [0.3, 0.4) is 0 Å². The fraction of sp³-hybridized carbons (Fsp3) is 0.111. The molecular weight excluding hydrogens is 368 g/mol. The van der Waals surface area contributed by atoms with Gasteiger partial charge >= 0.3 is 0 Å². The van der Waals surface area contributed by atoms with Crippen molar-refractivity contribution in [1.29, 1.82) is 0 Å². The summed E-state index contributed by atoms with van der Waals surface area (Å²) < 4.78 is 5.51. The summed E-state index contributed by atoms with van der Waals surface area (Å²) in [7, 11) is 1.57. The Kier molecular flexibility index (Phi) is 4.47. The maximum absolute atomic E-state index is 11.8. The van der Waals surface area contributed by atoms with Gasteiger partial charge < -0.3 is 20.7 Å². The van der Waals surface area contributed by atoms with E-state index in [1.165, 1.54) is 6.33 Å². The van der Waals surface area contributed by atoms with E-state index in [1.54, 1.807) is 43.5 Å². The van der Waals surface area contributed by atoms with Crippen LogP contribution in [0.1, 0.15) is 15.9 Å². The fourth-order valence-corrected chi connectivity index (χ4v) is 3.02. The zero-order valence-corrected chi connectivity index (χ0v) is 15.0. The molecule has 0 unspecified atom stereocenters. The molecule has 0 saturated heterocycles. The summed E-state index contributed by atoms with van der Waals surface area (Å²) in [6, 6.07) is 10.6. The number of anilines is 4. The topological polar surface area (TPSA) is 101 Å². The van der Waals surface area contributed by atoms with Crippen molar-refractivity contribution in [2.24, 2.45) is 0 Å². The number of pyridine rings is 1. The van der Waals surface area contributed by atoms with E-state index in [9.17, 15) is 4.79 Å². The summed E-state index contributed by atoms with van der Waals surface area (Å²) in [6.45, 7) is 0.434. The van der Waals surface area contributed by atoms with Gasteiger partial charge in [0.15, 0.2) is 0 Å². The van der Waals surface area contributed by atoms with Crippen LogP contribution in [0.4, 0.5) is 23.1 Å². The SMILES string of the molecule is COc1c(Nc2cc(Nc3cccc(Cl)n3)ncn2)ccc2c1CNC2=O. The maximum Gasteiger partial charge on any atom is 0.252 e. The molecule has 3 aromatic rings. The molecule has 0 bridgehead atoms. The first kappa shape index (κ1) is 17.0. The third-order valence-electron chi connectivity index (χ3n) is 4.04. The number of amides is 1. The first-order chi connectivity index (χ1) is 13.1. The summed E-state index contributed by atoms with van der Waals surface area (Å²) in [5.41, 5.74) is 2.15. The second kappa shape index (κ2) is 7.08. The second-order valence-electron chi connectivity index (χ2n) is 5.74. The normalized spacial score (nSPS) is 12.3. The first-order valence-electron chi connectivity index (χ1n) is 8.11. The van der Waals surface area contributed by atoms with Crippen molar-refractivity contribution in [1.82, 2.24) is 20.3 Å². The van der Waals surface area contributed by atoms with Gasteiger partial charge in [-0.15, -0.1) is 0 Å². The van der Waals surface area contributed by atoms with Gasteiger partial charge in [0, 0.05) is 23.7 Å². The summed E-state index contributed by atoms with van der Waals surface area (Å²) in [4.78, 5) is 24.4. The van der Waals surface area contributed by atoms with Crippen molar-refractivity contribution in [2.45, 2.75) is 6.54 Å². The van der Waals surface area contributed by atoms with Crippen LogP contribution in [0.5, 0.6) is 5.75 Å². The van der Waals surface area contributed by atoms with Crippen LogP contribution in [0, 0.1) is 0 Å². The Morgan fingerprint density at radius 3 is 2.70 bits per heavy atom. The molecule has 1 aliphatic rings. The van der Waals surface area contributed by atoms with E-state index >= 15 is 0 Å². The molecule has 1 aliphatic heterocycles. The van der Waals surface area contributed by atoms with Crippen LogP contribution >= 0.6 is 11.6 Å². The van der Waals surface area contributed by atoms with E-state index in [0.717, 1.165) is 5.56 Å². The van der Waals surface area contributed by atoms with Crippen LogP contribution in [-0.2, 0) is 6.54 Å². The number of nitrogens with one attached hydrogen (secondary N) is 3. The molecular formula is C18H15ClN6O2. The summed E-state index contributed by atoms with van der Waals surface area (Å²) in [6.07, 6.45) is 1.43. The van der Waals surface area contributed by atoms with Gasteiger partial charge in [0.05, 0.1) is 12.8 Å². The molecule has 0 atom stereocenters. The minimum Gasteiger partial charge on any atom is -0.494 e. The van der Waals surface area contributed by atoms with E-state index in [2.05, 4.69) is 30.9 Å². The number of benzene rings is 1. The molecule has 0 saturated carbocycles. The molecule has 9 heteroatoms. The third kappa shape index (κ3) is 3.47. The van der Waals surface area contributed by atoms with Crippen molar-refractivity contribution in [3.05, 3.63) is 59.0 Å². The van der Waals surface area contributed by atoms with Crippen molar-refractivity contribution < 1.29 is 9.53 Å². The number of aromatic nitrogens is 3. The number of nitrogens with zero attached hydrogens (tertiary/aromatic N) is 3. The van der Waals surface area contributed by atoms with Gasteiger partial charge in [0.1, 0.15) is 34.7 Å². The Morgan fingerprint density at radius 1 is 1.11 bits per heavy atom. The molecule has 0 radical (unpaired) electrons. The highest BCUT2D eigenvalue weighted by atomic mass is 35.5. The highest BCUT2D eigenvalue weighted by molar-refractivity contribution is 6.29. The average Bonchev–Trinajstić information content (AvgIpc) is 3.03. The Hall–Kier alpha value is -3.39. The lowest BCUT2D eigenvalue weighted by Crippen LogP contribution is -2.12. The Labute approximate surface area is 160 Å². The molecule has 3 N–H and O–H groups in total. The first-order valence-corrected chi connectivity index (χ1v) is 8.48. The smallest absolute Gasteiger partial charge is 0.252 e. The molecule has 3 heterocycles. The number of carbonyl (C=O) groups is 1. The van der Waals surface area contributed by atoms with Gasteiger partial charge in [0.25, 0.3) is 5.91 Å². The molecule has 8 nitrogen and oxygen atoms in total. The number of methoxy groups -OCH3 is 1. The lowest BCUT2D eigenvalue weighted by atomic mass is 10.1.